The molecule has 4 fully saturated rings. The summed E-state index contributed by atoms with van der Waals surface area (Å²) in [5.74, 6) is -0.332. The van der Waals surface area contributed by atoms with Crippen LogP contribution in [-0.2, 0) is 4.79 Å². The summed E-state index contributed by atoms with van der Waals surface area (Å²) in [5, 5.41) is 33.4. The number of carbonyl (C=O) groups is 2. The van der Waals surface area contributed by atoms with Gasteiger partial charge in [-0.2, -0.15) is 0 Å². The average molecular weight is 585 g/mol. The minimum Gasteiger partial charge on any atom is -0.481 e. The minimum absolute atomic E-state index is 0.0175. The first-order valence-electron chi connectivity index (χ1n) is 16.1. The number of carboxylic acid groups (broad SMARTS) is 1. The Morgan fingerprint density at radius 3 is 2.27 bits per heavy atom. The third kappa shape index (κ3) is 5.02. The lowest BCUT2D eigenvalue weighted by Crippen LogP contribution is -2.66. The number of carboxylic acids is 1. The summed E-state index contributed by atoms with van der Waals surface area (Å²) in [6.45, 7) is 13.6. The van der Waals surface area contributed by atoms with E-state index < -0.39 is 18.0 Å². The van der Waals surface area contributed by atoms with Crippen LogP contribution in [0.25, 0.3) is 0 Å². The van der Waals surface area contributed by atoms with Crippen molar-refractivity contribution in [2.45, 2.75) is 110 Å². The molecule has 6 heteroatoms. The van der Waals surface area contributed by atoms with Crippen molar-refractivity contribution in [3.8, 4) is 0 Å². The number of aliphatic hydroxyl groups excluding tert-OH is 2. The lowest BCUT2D eigenvalue weighted by atomic mass is 9.36. The van der Waals surface area contributed by atoms with E-state index in [-0.39, 0.29) is 56.4 Å². The summed E-state index contributed by atoms with van der Waals surface area (Å²) >= 11 is 1.36. The highest BCUT2D eigenvalue weighted by molar-refractivity contribution is 8.14. The van der Waals surface area contributed by atoms with Crippen LogP contribution in [0.2, 0.25) is 0 Å². The highest BCUT2D eigenvalue weighted by Crippen LogP contribution is 2.75. The number of hydrogen-bond acceptors (Lipinski definition) is 5. The molecule has 0 heterocycles. The third-order valence-electron chi connectivity index (χ3n) is 13.1. The molecule has 12 atom stereocenters. The third-order valence-corrected chi connectivity index (χ3v) is 14.3. The number of aliphatic carboxylic acids is 1. The summed E-state index contributed by atoms with van der Waals surface area (Å²) < 4.78 is 0. The quantitative estimate of drug-likeness (QED) is 0.311. The van der Waals surface area contributed by atoms with Crippen molar-refractivity contribution in [1.29, 1.82) is 0 Å². The fourth-order valence-electron chi connectivity index (χ4n) is 10.9. The van der Waals surface area contributed by atoms with E-state index in [0.29, 0.717) is 30.2 Å². The minimum atomic E-state index is -0.759. The maximum Gasteiger partial charge on any atom is 0.306 e. The van der Waals surface area contributed by atoms with E-state index in [1.165, 1.54) is 11.8 Å². The Morgan fingerprint density at radius 2 is 1.63 bits per heavy atom. The van der Waals surface area contributed by atoms with Gasteiger partial charge in [0.05, 0.1) is 18.1 Å². The molecule has 4 saturated carbocycles. The largest absolute Gasteiger partial charge is 0.481 e. The molecule has 228 valence electrons. The fraction of sp³-hybridized carbons (Fsp3) is 0.771. The Kier molecular flexibility index (Phi) is 8.55. The van der Waals surface area contributed by atoms with Gasteiger partial charge in [0, 0.05) is 10.8 Å². The Morgan fingerprint density at radius 1 is 0.951 bits per heavy atom. The second-order valence-corrected chi connectivity index (χ2v) is 16.6. The zero-order valence-corrected chi connectivity index (χ0v) is 26.7. The van der Waals surface area contributed by atoms with Crippen LogP contribution < -0.4 is 0 Å². The second-order valence-electron chi connectivity index (χ2n) is 15.3. The predicted molar refractivity (Wildman–Crippen MR) is 165 cm³/mol. The smallest absolute Gasteiger partial charge is 0.306 e. The summed E-state index contributed by atoms with van der Waals surface area (Å²) in [4.78, 5) is 26.5. The zero-order valence-electron chi connectivity index (χ0n) is 25.9. The maximum absolute atomic E-state index is 13.6. The van der Waals surface area contributed by atoms with E-state index in [2.05, 4.69) is 41.5 Å². The van der Waals surface area contributed by atoms with Gasteiger partial charge in [0.2, 0.25) is 5.12 Å². The first-order valence-corrected chi connectivity index (χ1v) is 17.0. The van der Waals surface area contributed by atoms with Gasteiger partial charge in [0.1, 0.15) is 0 Å². The summed E-state index contributed by atoms with van der Waals surface area (Å²) in [6.07, 6.45) is 5.74. The molecule has 0 bridgehead atoms. The normalized spacial score (nSPS) is 44.5. The van der Waals surface area contributed by atoms with Gasteiger partial charge in [-0.1, -0.05) is 90.1 Å². The molecule has 41 heavy (non-hydrogen) atoms. The van der Waals surface area contributed by atoms with Crippen LogP contribution in [0.5, 0.6) is 0 Å². The van der Waals surface area contributed by atoms with Gasteiger partial charge in [-0.05, 0) is 96.7 Å². The SMILES string of the molecule is CC(C)CC[C@@H](C(=O)O)[C@@H]1C2CC(O)C3[C@@]4(C)CC[C@@H](O)[C@@H](C)C4CC[C@]3(C)[C@@]2(C)C[C@@H]1SC(=O)c1ccccc1. The van der Waals surface area contributed by atoms with E-state index >= 15 is 0 Å². The monoisotopic (exact) mass is 584 g/mol. The molecule has 0 amide bonds. The fourth-order valence-corrected chi connectivity index (χ4v) is 12.4. The van der Waals surface area contributed by atoms with Gasteiger partial charge < -0.3 is 15.3 Å². The number of rotatable bonds is 7. The van der Waals surface area contributed by atoms with Crippen molar-refractivity contribution in [1.82, 2.24) is 0 Å². The number of fused-ring (bicyclic) bond motifs is 5. The molecular weight excluding hydrogens is 532 g/mol. The maximum atomic E-state index is 13.6. The molecule has 1 aromatic carbocycles. The van der Waals surface area contributed by atoms with Gasteiger partial charge in [-0.25, -0.2) is 0 Å². The number of thioether (sulfide) groups is 1. The van der Waals surface area contributed by atoms with Crippen molar-refractivity contribution in [3.05, 3.63) is 35.9 Å². The number of carbonyl (C=O) groups excluding carboxylic acids is 1. The van der Waals surface area contributed by atoms with Crippen molar-refractivity contribution >= 4 is 22.8 Å². The van der Waals surface area contributed by atoms with Crippen LogP contribution in [0.3, 0.4) is 0 Å². The molecule has 4 aliphatic rings. The van der Waals surface area contributed by atoms with Crippen molar-refractivity contribution in [2.24, 2.45) is 57.7 Å². The van der Waals surface area contributed by atoms with Crippen LogP contribution in [0.1, 0.15) is 103 Å². The topological polar surface area (TPSA) is 94.8 Å². The first kappa shape index (κ1) is 31.1. The Labute approximate surface area is 251 Å². The van der Waals surface area contributed by atoms with Gasteiger partial charge in [-0.15, -0.1) is 0 Å². The number of hydrogen-bond donors (Lipinski definition) is 3. The predicted octanol–water partition coefficient (Wildman–Crippen LogP) is 7.30. The lowest BCUT2D eigenvalue weighted by Gasteiger charge is -2.69. The summed E-state index contributed by atoms with van der Waals surface area (Å²) in [7, 11) is 0. The highest BCUT2D eigenvalue weighted by Gasteiger charge is 2.71. The molecule has 5 rings (SSSR count). The van der Waals surface area contributed by atoms with Gasteiger partial charge in [0.15, 0.2) is 0 Å². The number of benzene rings is 1. The van der Waals surface area contributed by atoms with E-state index in [1.807, 2.05) is 30.3 Å². The van der Waals surface area contributed by atoms with Gasteiger partial charge in [0.25, 0.3) is 0 Å². The molecule has 0 aromatic heterocycles. The Balaban J connectivity index is 1.55. The van der Waals surface area contributed by atoms with E-state index in [9.17, 15) is 24.9 Å². The van der Waals surface area contributed by atoms with Crippen molar-refractivity contribution in [2.75, 3.05) is 0 Å². The Hall–Kier alpha value is -1.37. The highest BCUT2D eigenvalue weighted by atomic mass is 32.2. The lowest BCUT2D eigenvalue weighted by molar-refractivity contribution is -0.240. The zero-order chi connectivity index (χ0) is 29.9. The molecule has 0 aliphatic heterocycles. The van der Waals surface area contributed by atoms with E-state index in [4.69, 9.17) is 0 Å². The van der Waals surface area contributed by atoms with Crippen LogP contribution in [-0.4, -0.2) is 43.9 Å². The molecule has 4 unspecified atom stereocenters. The van der Waals surface area contributed by atoms with Gasteiger partial charge >= 0.3 is 5.97 Å². The second kappa shape index (κ2) is 11.3. The molecule has 1 aromatic rings. The van der Waals surface area contributed by atoms with Crippen molar-refractivity contribution in [3.63, 3.8) is 0 Å². The summed E-state index contributed by atoms with van der Waals surface area (Å²) in [6, 6.07) is 9.37. The molecule has 0 saturated heterocycles. The standard InChI is InChI=1S/C35H52O5S/c1-20(2)12-13-23(31(38)39)29-25-18-27(37)30-33(4)16-15-26(36)21(3)24(33)14-17-34(30,5)35(25,6)19-28(29)41-32(40)22-10-8-7-9-11-22/h7-11,20-21,23-30,36-37H,12-19H2,1-6H3,(H,38,39)/t21-,23+,24?,25?,26+,27?,28-,29+,30?,33-,34-,35-/m0/s1. The van der Waals surface area contributed by atoms with Crippen LogP contribution in [0.15, 0.2) is 30.3 Å². The molecule has 0 radical (unpaired) electrons. The molecule has 0 spiro atoms. The molecule has 4 aliphatic carbocycles. The van der Waals surface area contributed by atoms with Crippen LogP contribution in [0, 0.1) is 57.7 Å². The first-order chi connectivity index (χ1) is 19.2. The number of aliphatic hydroxyl groups is 2. The average Bonchev–Trinajstić information content (AvgIpc) is 3.18. The molecular formula is C35H52O5S. The summed E-state index contributed by atoms with van der Waals surface area (Å²) in [5.41, 5.74) is 0.239. The van der Waals surface area contributed by atoms with E-state index in [1.54, 1.807) is 0 Å². The Bertz CT molecular complexity index is 1120. The van der Waals surface area contributed by atoms with Gasteiger partial charge in [-0.3, -0.25) is 9.59 Å². The van der Waals surface area contributed by atoms with Crippen LogP contribution >= 0.6 is 11.8 Å². The van der Waals surface area contributed by atoms with E-state index in [0.717, 1.165) is 38.5 Å². The molecule has 5 nitrogen and oxygen atoms in total. The van der Waals surface area contributed by atoms with Crippen LogP contribution in [0.4, 0.5) is 0 Å². The molecule has 3 N–H and O–H groups in total. The van der Waals surface area contributed by atoms with Crippen molar-refractivity contribution < 1.29 is 24.9 Å².